The Morgan fingerprint density at radius 3 is 2.45 bits per heavy atom. The minimum absolute atomic E-state index is 0.710. The second-order valence-electron chi connectivity index (χ2n) is 5.57. The Bertz CT molecular complexity index is 379. The van der Waals surface area contributed by atoms with Crippen LogP contribution in [-0.4, -0.2) is 16.5 Å². The number of aromatic nitrogens is 2. The maximum atomic E-state index is 5.46. The third-order valence-corrected chi connectivity index (χ3v) is 3.44. The number of nitrogens with two attached hydrogens (primary N) is 1. The lowest BCUT2D eigenvalue weighted by molar-refractivity contribution is 0.523. The lowest BCUT2D eigenvalue weighted by atomic mass is 10.0. The number of unbranched alkanes of at least 4 members (excludes halogenated alkanes) is 3. The lowest BCUT2D eigenvalue weighted by Crippen LogP contribution is -2.14. The Morgan fingerprint density at radius 1 is 1.10 bits per heavy atom. The summed E-state index contributed by atoms with van der Waals surface area (Å²) < 4.78 is 0. The molecular weight excluding hydrogens is 250 g/mol. The van der Waals surface area contributed by atoms with Crippen LogP contribution >= 0.6 is 0 Å². The van der Waals surface area contributed by atoms with Crippen LogP contribution in [0.1, 0.15) is 58.4 Å². The molecule has 0 unspecified atom stereocenters. The van der Waals surface area contributed by atoms with Crippen molar-refractivity contribution < 1.29 is 0 Å². The van der Waals surface area contributed by atoms with Crippen molar-refractivity contribution in [2.24, 2.45) is 11.8 Å². The van der Waals surface area contributed by atoms with Crippen LogP contribution in [0.25, 0.3) is 0 Å². The van der Waals surface area contributed by atoms with Crippen molar-refractivity contribution >= 4 is 11.6 Å². The van der Waals surface area contributed by atoms with Crippen LogP contribution in [0.3, 0.4) is 0 Å². The summed E-state index contributed by atoms with van der Waals surface area (Å²) in [5, 5.41) is 3.39. The first kappa shape index (κ1) is 16.7. The molecule has 0 aliphatic heterocycles. The minimum Gasteiger partial charge on any atom is -0.370 e. The summed E-state index contributed by atoms with van der Waals surface area (Å²) in [7, 11) is 0. The molecule has 1 aromatic rings. The lowest BCUT2D eigenvalue weighted by Gasteiger charge is -2.12. The Balaban J connectivity index is 2.28. The number of rotatable bonds is 10. The molecule has 0 aromatic carbocycles. The van der Waals surface area contributed by atoms with Crippen molar-refractivity contribution in [3.05, 3.63) is 11.9 Å². The molecular formula is C15H29N5. The first-order chi connectivity index (χ1) is 9.69. The summed E-state index contributed by atoms with van der Waals surface area (Å²) in [5.74, 6) is 7.89. The maximum Gasteiger partial charge on any atom is 0.148 e. The minimum atomic E-state index is 0.710. The smallest absolute Gasteiger partial charge is 0.148 e. The highest BCUT2D eigenvalue weighted by atomic mass is 15.3. The average Bonchev–Trinajstić information content (AvgIpc) is 2.45. The fourth-order valence-electron chi connectivity index (χ4n) is 2.26. The Hall–Kier alpha value is -1.36. The molecule has 0 radical (unpaired) electrons. The number of nitrogens with one attached hydrogen (secondary N) is 2. The Kier molecular flexibility index (Phi) is 7.95. The van der Waals surface area contributed by atoms with Gasteiger partial charge in [-0.25, -0.2) is 15.8 Å². The molecule has 0 fully saturated rings. The summed E-state index contributed by atoms with van der Waals surface area (Å²) in [4.78, 5) is 8.42. The normalized spacial score (nSPS) is 10.8. The van der Waals surface area contributed by atoms with Gasteiger partial charge in [0.15, 0.2) is 0 Å². The fraction of sp³-hybridized carbons (Fsp3) is 0.733. The molecule has 0 spiro atoms. The van der Waals surface area contributed by atoms with Crippen LogP contribution in [0, 0.1) is 5.92 Å². The molecule has 114 valence electrons. The largest absolute Gasteiger partial charge is 0.370 e. The van der Waals surface area contributed by atoms with Gasteiger partial charge in [-0.05, 0) is 18.8 Å². The van der Waals surface area contributed by atoms with E-state index in [-0.39, 0.29) is 0 Å². The molecule has 0 saturated heterocycles. The van der Waals surface area contributed by atoms with E-state index in [1.165, 1.54) is 32.1 Å². The van der Waals surface area contributed by atoms with Gasteiger partial charge in [0.1, 0.15) is 18.0 Å². The molecule has 0 aliphatic carbocycles. The van der Waals surface area contributed by atoms with Gasteiger partial charge < -0.3 is 10.7 Å². The van der Waals surface area contributed by atoms with E-state index in [9.17, 15) is 0 Å². The monoisotopic (exact) mass is 279 g/mol. The van der Waals surface area contributed by atoms with Gasteiger partial charge in [-0.3, -0.25) is 0 Å². The summed E-state index contributed by atoms with van der Waals surface area (Å²) in [6.07, 6.45) is 8.85. The Morgan fingerprint density at radius 2 is 1.80 bits per heavy atom. The summed E-state index contributed by atoms with van der Waals surface area (Å²) >= 11 is 0. The molecule has 0 atom stereocenters. The molecule has 4 N–H and O–H groups in total. The van der Waals surface area contributed by atoms with Gasteiger partial charge in [0.2, 0.25) is 0 Å². The van der Waals surface area contributed by atoms with E-state index >= 15 is 0 Å². The highest BCUT2D eigenvalue weighted by molar-refractivity contribution is 5.56. The van der Waals surface area contributed by atoms with Gasteiger partial charge in [0.05, 0.1) is 0 Å². The van der Waals surface area contributed by atoms with Gasteiger partial charge in [-0.1, -0.05) is 46.5 Å². The van der Waals surface area contributed by atoms with Crippen molar-refractivity contribution in [1.29, 1.82) is 0 Å². The van der Waals surface area contributed by atoms with E-state index in [1.807, 2.05) is 0 Å². The topological polar surface area (TPSA) is 75.9 Å². The molecule has 0 bridgehead atoms. The second kappa shape index (κ2) is 9.53. The summed E-state index contributed by atoms with van der Waals surface area (Å²) in [6.45, 7) is 7.60. The zero-order valence-corrected chi connectivity index (χ0v) is 13.1. The van der Waals surface area contributed by atoms with E-state index in [0.29, 0.717) is 5.82 Å². The third-order valence-electron chi connectivity index (χ3n) is 3.44. The van der Waals surface area contributed by atoms with Crippen LogP contribution in [0.15, 0.2) is 6.33 Å². The molecule has 1 rings (SSSR count). The van der Waals surface area contributed by atoms with Gasteiger partial charge in [-0.15, -0.1) is 0 Å². The predicted molar refractivity (Wildman–Crippen MR) is 85.6 cm³/mol. The zero-order chi connectivity index (χ0) is 14.8. The highest BCUT2D eigenvalue weighted by Crippen LogP contribution is 2.19. The third kappa shape index (κ3) is 5.74. The van der Waals surface area contributed by atoms with Gasteiger partial charge in [0, 0.05) is 12.1 Å². The highest BCUT2D eigenvalue weighted by Gasteiger charge is 2.07. The maximum absolute atomic E-state index is 5.46. The molecule has 20 heavy (non-hydrogen) atoms. The zero-order valence-electron chi connectivity index (χ0n) is 13.1. The predicted octanol–water partition coefficient (Wildman–Crippen LogP) is 3.34. The number of nitrogen functional groups attached to an aromatic ring is 1. The van der Waals surface area contributed by atoms with Crippen LogP contribution in [0.2, 0.25) is 0 Å². The van der Waals surface area contributed by atoms with Gasteiger partial charge >= 0.3 is 0 Å². The Labute approximate surface area is 122 Å². The fourth-order valence-corrected chi connectivity index (χ4v) is 2.26. The first-order valence-electron chi connectivity index (χ1n) is 7.73. The molecule has 5 heteroatoms. The molecule has 0 aliphatic rings. The van der Waals surface area contributed by atoms with Gasteiger partial charge in [-0.2, -0.15) is 0 Å². The number of hydrazine groups is 1. The number of anilines is 2. The van der Waals surface area contributed by atoms with Crippen LogP contribution in [0.4, 0.5) is 11.6 Å². The standard InChI is InChI=1S/C15H29N5/c1-4-13-14(18-11-19-15(13)20-16)17-10-8-6-5-7-9-12(2)3/h11-12H,4-10,16H2,1-3H3,(H2,17,18,19,20). The van der Waals surface area contributed by atoms with Crippen LogP contribution in [0.5, 0.6) is 0 Å². The molecule has 0 saturated carbocycles. The number of hydrogen-bond acceptors (Lipinski definition) is 5. The van der Waals surface area contributed by atoms with Crippen molar-refractivity contribution in [3.63, 3.8) is 0 Å². The van der Waals surface area contributed by atoms with Crippen LogP contribution in [-0.2, 0) is 6.42 Å². The second-order valence-corrected chi connectivity index (χ2v) is 5.57. The summed E-state index contributed by atoms with van der Waals surface area (Å²) in [6, 6.07) is 0. The van der Waals surface area contributed by atoms with Crippen molar-refractivity contribution in [2.45, 2.75) is 59.3 Å². The van der Waals surface area contributed by atoms with Crippen LogP contribution < -0.4 is 16.6 Å². The van der Waals surface area contributed by atoms with E-state index in [2.05, 4.69) is 41.5 Å². The van der Waals surface area contributed by atoms with Crippen molar-refractivity contribution in [3.8, 4) is 0 Å². The quantitative estimate of drug-likeness (QED) is 0.348. The molecule has 5 nitrogen and oxygen atoms in total. The average molecular weight is 279 g/mol. The van der Waals surface area contributed by atoms with E-state index < -0.39 is 0 Å². The van der Waals surface area contributed by atoms with Gasteiger partial charge in [0.25, 0.3) is 0 Å². The molecule has 1 aromatic heterocycles. The SMILES string of the molecule is CCc1c(NN)ncnc1NCCCCCCC(C)C. The number of hydrogen-bond donors (Lipinski definition) is 3. The molecule has 1 heterocycles. The first-order valence-corrected chi connectivity index (χ1v) is 7.73. The van der Waals surface area contributed by atoms with E-state index in [1.54, 1.807) is 6.33 Å². The summed E-state index contributed by atoms with van der Waals surface area (Å²) in [5.41, 5.74) is 3.68. The van der Waals surface area contributed by atoms with Crippen molar-refractivity contribution in [2.75, 3.05) is 17.3 Å². The van der Waals surface area contributed by atoms with Crippen molar-refractivity contribution in [1.82, 2.24) is 9.97 Å². The van der Waals surface area contributed by atoms with E-state index in [0.717, 1.165) is 30.3 Å². The number of nitrogens with zero attached hydrogens (tertiary/aromatic N) is 2. The molecule has 0 amide bonds. The van der Waals surface area contributed by atoms with E-state index in [4.69, 9.17) is 5.84 Å².